The second kappa shape index (κ2) is 3.45. The van der Waals surface area contributed by atoms with Gasteiger partial charge in [-0.15, -0.1) is 5.16 Å². The van der Waals surface area contributed by atoms with E-state index in [0.717, 1.165) is 25.9 Å². The molecule has 1 aliphatic rings. The molecule has 1 rings (SSSR count). The van der Waals surface area contributed by atoms with Crippen molar-refractivity contribution >= 4 is 6.21 Å². The molecule has 0 amide bonds. The summed E-state index contributed by atoms with van der Waals surface area (Å²) < 4.78 is 0. The standard InChI is InChI=1S/C6H12N2O/c9-8-5-6-1-3-7-4-2-6/h5-7,9H,1-4H2/b8-5+. The highest BCUT2D eigenvalue weighted by atomic mass is 16.4. The van der Waals surface area contributed by atoms with Crippen molar-refractivity contribution in [2.45, 2.75) is 12.8 Å². The van der Waals surface area contributed by atoms with Crippen LogP contribution in [-0.2, 0) is 0 Å². The second-order valence-corrected chi connectivity index (χ2v) is 2.35. The van der Waals surface area contributed by atoms with Gasteiger partial charge in [0.25, 0.3) is 0 Å². The molecule has 0 aliphatic carbocycles. The normalized spacial score (nSPS) is 23.1. The van der Waals surface area contributed by atoms with Crippen LogP contribution in [0.3, 0.4) is 0 Å². The summed E-state index contributed by atoms with van der Waals surface area (Å²) in [6.07, 6.45) is 3.83. The minimum absolute atomic E-state index is 0.497. The minimum atomic E-state index is 0.497. The third-order valence-electron chi connectivity index (χ3n) is 1.66. The Morgan fingerprint density at radius 2 is 2.11 bits per heavy atom. The van der Waals surface area contributed by atoms with Gasteiger partial charge in [-0.25, -0.2) is 0 Å². The fraction of sp³-hybridized carbons (Fsp3) is 0.833. The van der Waals surface area contributed by atoms with Gasteiger partial charge in [-0.1, -0.05) is 0 Å². The topological polar surface area (TPSA) is 44.6 Å². The molecule has 1 aliphatic heterocycles. The summed E-state index contributed by atoms with van der Waals surface area (Å²) in [4.78, 5) is 0. The number of rotatable bonds is 1. The van der Waals surface area contributed by atoms with E-state index in [4.69, 9.17) is 5.21 Å². The Kier molecular flexibility index (Phi) is 2.51. The molecule has 0 aromatic rings. The molecule has 0 bridgehead atoms. The van der Waals surface area contributed by atoms with E-state index < -0.39 is 0 Å². The van der Waals surface area contributed by atoms with Crippen molar-refractivity contribution in [1.29, 1.82) is 0 Å². The molecule has 0 atom stereocenters. The Hall–Kier alpha value is -0.570. The van der Waals surface area contributed by atoms with E-state index >= 15 is 0 Å². The van der Waals surface area contributed by atoms with E-state index in [9.17, 15) is 0 Å². The van der Waals surface area contributed by atoms with Crippen molar-refractivity contribution in [1.82, 2.24) is 5.32 Å². The first kappa shape index (κ1) is 6.55. The maximum absolute atomic E-state index is 8.17. The van der Waals surface area contributed by atoms with E-state index in [2.05, 4.69) is 10.5 Å². The molecule has 0 saturated carbocycles. The van der Waals surface area contributed by atoms with E-state index in [1.54, 1.807) is 6.21 Å². The van der Waals surface area contributed by atoms with Gasteiger partial charge in [0.05, 0.1) is 0 Å². The van der Waals surface area contributed by atoms with Crippen molar-refractivity contribution in [3.63, 3.8) is 0 Å². The number of hydrogen-bond donors (Lipinski definition) is 2. The summed E-state index contributed by atoms with van der Waals surface area (Å²) in [5.74, 6) is 0.497. The Bertz CT molecular complexity index is 97.2. The van der Waals surface area contributed by atoms with E-state index in [1.807, 2.05) is 0 Å². The van der Waals surface area contributed by atoms with Crippen LogP contribution in [0.5, 0.6) is 0 Å². The molecule has 3 nitrogen and oxygen atoms in total. The summed E-state index contributed by atoms with van der Waals surface area (Å²) in [5.41, 5.74) is 0. The van der Waals surface area contributed by atoms with Crippen molar-refractivity contribution < 1.29 is 5.21 Å². The zero-order valence-electron chi connectivity index (χ0n) is 5.38. The maximum atomic E-state index is 8.17. The zero-order valence-corrected chi connectivity index (χ0v) is 5.38. The van der Waals surface area contributed by atoms with Crippen LogP contribution in [0.4, 0.5) is 0 Å². The SMILES string of the molecule is O/N=C/C1CCNCC1. The predicted octanol–water partition coefficient (Wildman–Crippen LogP) is 0.446. The molecule has 9 heavy (non-hydrogen) atoms. The summed E-state index contributed by atoms with van der Waals surface area (Å²) in [5, 5.41) is 14.4. The molecule has 0 spiro atoms. The molecule has 1 heterocycles. The Morgan fingerprint density at radius 3 is 2.67 bits per heavy atom. The van der Waals surface area contributed by atoms with Gasteiger partial charge in [-0.3, -0.25) is 0 Å². The lowest BCUT2D eigenvalue weighted by Gasteiger charge is -2.17. The van der Waals surface area contributed by atoms with Gasteiger partial charge in [0.2, 0.25) is 0 Å². The lowest BCUT2D eigenvalue weighted by Crippen LogP contribution is -2.28. The van der Waals surface area contributed by atoms with Gasteiger partial charge in [0.1, 0.15) is 0 Å². The van der Waals surface area contributed by atoms with Gasteiger partial charge in [-0.2, -0.15) is 0 Å². The first-order valence-electron chi connectivity index (χ1n) is 3.32. The first-order chi connectivity index (χ1) is 4.43. The molecule has 1 fully saturated rings. The predicted molar refractivity (Wildman–Crippen MR) is 35.9 cm³/mol. The van der Waals surface area contributed by atoms with Gasteiger partial charge in [-0.05, 0) is 31.8 Å². The average Bonchev–Trinajstić information content (AvgIpc) is 1.91. The van der Waals surface area contributed by atoms with Gasteiger partial charge in [0, 0.05) is 6.21 Å². The Balaban J connectivity index is 2.23. The second-order valence-electron chi connectivity index (χ2n) is 2.35. The highest BCUT2D eigenvalue weighted by Gasteiger charge is 2.09. The first-order valence-corrected chi connectivity index (χ1v) is 3.32. The lowest BCUT2D eigenvalue weighted by atomic mass is 10.0. The maximum Gasteiger partial charge on any atom is 0.0467 e. The highest BCUT2D eigenvalue weighted by molar-refractivity contribution is 5.59. The average molecular weight is 128 g/mol. The van der Waals surface area contributed by atoms with Crippen LogP contribution in [0.1, 0.15) is 12.8 Å². The smallest absolute Gasteiger partial charge is 0.0467 e. The van der Waals surface area contributed by atoms with Gasteiger partial charge < -0.3 is 10.5 Å². The third kappa shape index (κ3) is 2.01. The molecule has 0 unspecified atom stereocenters. The number of nitrogens with one attached hydrogen (secondary N) is 1. The third-order valence-corrected chi connectivity index (χ3v) is 1.66. The van der Waals surface area contributed by atoms with Crippen molar-refractivity contribution in [3.8, 4) is 0 Å². The number of hydrogen-bond acceptors (Lipinski definition) is 3. The molecule has 0 aromatic heterocycles. The van der Waals surface area contributed by atoms with E-state index in [-0.39, 0.29) is 0 Å². The number of nitrogens with zero attached hydrogens (tertiary/aromatic N) is 1. The van der Waals surface area contributed by atoms with Crippen LogP contribution in [0.25, 0.3) is 0 Å². The molecular weight excluding hydrogens is 116 g/mol. The molecular formula is C6H12N2O. The Labute approximate surface area is 54.8 Å². The lowest BCUT2D eigenvalue weighted by molar-refractivity contribution is 0.315. The molecule has 52 valence electrons. The summed E-state index contributed by atoms with van der Waals surface area (Å²) >= 11 is 0. The van der Waals surface area contributed by atoms with Crippen LogP contribution in [0.15, 0.2) is 5.16 Å². The number of oxime groups is 1. The van der Waals surface area contributed by atoms with E-state index in [1.165, 1.54) is 0 Å². The van der Waals surface area contributed by atoms with Crippen molar-refractivity contribution in [3.05, 3.63) is 0 Å². The summed E-state index contributed by atoms with van der Waals surface area (Å²) in [7, 11) is 0. The summed E-state index contributed by atoms with van der Waals surface area (Å²) in [6.45, 7) is 2.10. The van der Waals surface area contributed by atoms with Crippen molar-refractivity contribution in [2.24, 2.45) is 11.1 Å². The molecule has 2 N–H and O–H groups in total. The zero-order chi connectivity index (χ0) is 6.53. The monoisotopic (exact) mass is 128 g/mol. The van der Waals surface area contributed by atoms with E-state index in [0.29, 0.717) is 5.92 Å². The Morgan fingerprint density at radius 1 is 1.44 bits per heavy atom. The molecule has 0 aromatic carbocycles. The van der Waals surface area contributed by atoms with Crippen LogP contribution < -0.4 is 5.32 Å². The number of piperidine rings is 1. The van der Waals surface area contributed by atoms with Gasteiger partial charge in [0.15, 0.2) is 0 Å². The largest absolute Gasteiger partial charge is 0.411 e. The van der Waals surface area contributed by atoms with Crippen LogP contribution >= 0.6 is 0 Å². The van der Waals surface area contributed by atoms with Crippen molar-refractivity contribution in [2.75, 3.05) is 13.1 Å². The van der Waals surface area contributed by atoms with Gasteiger partial charge >= 0.3 is 0 Å². The summed E-state index contributed by atoms with van der Waals surface area (Å²) in [6, 6.07) is 0. The quantitative estimate of drug-likeness (QED) is 0.306. The fourth-order valence-electron chi connectivity index (χ4n) is 1.09. The van der Waals surface area contributed by atoms with Crippen LogP contribution in [0.2, 0.25) is 0 Å². The molecule has 3 heteroatoms. The minimum Gasteiger partial charge on any atom is -0.411 e. The fourth-order valence-corrected chi connectivity index (χ4v) is 1.09. The molecule has 1 saturated heterocycles. The highest BCUT2D eigenvalue weighted by Crippen LogP contribution is 2.07. The van der Waals surface area contributed by atoms with Crippen LogP contribution in [0, 0.1) is 5.92 Å². The molecule has 0 radical (unpaired) electrons. The van der Waals surface area contributed by atoms with Crippen LogP contribution in [-0.4, -0.2) is 24.5 Å².